The van der Waals surface area contributed by atoms with Gasteiger partial charge in [0.25, 0.3) is 0 Å². The number of benzene rings is 1. The molecule has 2 rings (SSSR count). The van der Waals surface area contributed by atoms with Crippen LogP contribution >= 0.6 is 0 Å². The number of methoxy groups -OCH3 is 2. The van der Waals surface area contributed by atoms with E-state index in [0.717, 1.165) is 12.8 Å². The van der Waals surface area contributed by atoms with Gasteiger partial charge in [-0.25, -0.2) is 4.79 Å². The maximum Gasteiger partial charge on any atom is 0.341 e. The van der Waals surface area contributed by atoms with Crippen LogP contribution in [-0.2, 0) is 4.74 Å². The largest absolute Gasteiger partial charge is 0.493 e. The third-order valence-electron chi connectivity index (χ3n) is 4.22. The molecule has 0 amide bonds. The van der Waals surface area contributed by atoms with Gasteiger partial charge in [-0.2, -0.15) is 0 Å². The van der Waals surface area contributed by atoms with Gasteiger partial charge < -0.3 is 19.9 Å². The Kier molecular flexibility index (Phi) is 5.07. The van der Waals surface area contributed by atoms with E-state index < -0.39 is 5.97 Å². The van der Waals surface area contributed by atoms with Crippen molar-refractivity contribution < 1.29 is 19.0 Å². The minimum atomic E-state index is -0.433. The molecule has 21 heavy (non-hydrogen) atoms. The molecule has 1 aliphatic rings. The molecule has 1 aromatic carbocycles. The van der Waals surface area contributed by atoms with E-state index >= 15 is 0 Å². The van der Waals surface area contributed by atoms with Gasteiger partial charge in [-0.3, -0.25) is 0 Å². The Morgan fingerprint density at radius 3 is 2.57 bits per heavy atom. The quantitative estimate of drug-likeness (QED) is 0.815. The smallest absolute Gasteiger partial charge is 0.341 e. The Bertz CT molecular complexity index is 495. The summed E-state index contributed by atoms with van der Waals surface area (Å²) in [5.41, 5.74) is 6.31. The van der Waals surface area contributed by atoms with Crippen LogP contribution in [0.1, 0.15) is 36.0 Å². The number of nitrogens with two attached hydrogens (primary N) is 1. The second-order valence-electron chi connectivity index (χ2n) is 5.53. The molecule has 0 saturated heterocycles. The average Bonchev–Trinajstić information content (AvgIpc) is 3.01. The van der Waals surface area contributed by atoms with Crippen LogP contribution in [0.4, 0.5) is 0 Å². The molecule has 0 aliphatic heterocycles. The fourth-order valence-electron chi connectivity index (χ4n) is 2.85. The van der Waals surface area contributed by atoms with Crippen LogP contribution in [0, 0.1) is 5.41 Å². The van der Waals surface area contributed by atoms with Gasteiger partial charge in [0.2, 0.25) is 0 Å². The summed E-state index contributed by atoms with van der Waals surface area (Å²) in [5, 5.41) is 0. The number of hydrogen-bond donors (Lipinski definition) is 1. The lowest BCUT2D eigenvalue weighted by Gasteiger charge is -2.27. The van der Waals surface area contributed by atoms with E-state index in [1.807, 2.05) is 0 Å². The predicted octanol–water partition coefficient (Wildman–Crippen LogP) is 2.38. The van der Waals surface area contributed by atoms with Crippen LogP contribution in [0.5, 0.6) is 11.5 Å². The van der Waals surface area contributed by atoms with E-state index in [4.69, 9.17) is 19.9 Å². The molecule has 0 unspecified atom stereocenters. The second kappa shape index (κ2) is 6.80. The second-order valence-corrected chi connectivity index (χ2v) is 5.53. The SMILES string of the molecule is COC(=O)c1cccc(OC)c1OCC1(CN)CCCC1. The zero-order valence-electron chi connectivity index (χ0n) is 12.7. The molecule has 0 aromatic heterocycles. The third-order valence-corrected chi connectivity index (χ3v) is 4.22. The summed E-state index contributed by atoms with van der Waals surface area (Å²) < 4.78 is 16.1. The minimum Gasteiger partial charge on any atom is -0.493 e. The summed E-state index contributed by atoms with van der Waals surface area (Å²) >= 11 is 0. The van der Waals surface area contributed by atoms with E-state index in [1.54, 1.807) is 25.3 Å². The van der Waals surface area contributed by atoms with Crippen molar-refractivity contribution in [3.8, 4) is 11.5 Å². The van der Waals surface area contributed by atoms with Gasteiger partial charge in [0, 0.05) is 12.0 Å². The Labute approximate surface area is 125 Å². The number of carbonyl (C=O) groups excluding carboxylic acids is 1. The highest BCUT2D eigenvalue weighted by Gasteiger charge is 2.34. The number of rotatable bonds is 6. The van der Waals surface area contributed by atoms with Gasteiger partial charge in [-0.05, 0) is 25.0 Å². The zero-order valence-corrected chi connectivity index (χ0v) is 12.7. The Hall–Kier alpha value is -1.75. The number of carbonyl (C=O) groups is 1. The van der Waals surface area contributed by atoms with Crippen molar-refractivity contribution in [3.63, 3.8) is 0 Å². The number of ether oxygens (including phenoxy) is 3. The Balaban J connectivity index is 2.23. The average molecular weight is 293 g/mol. The van der Waals surface area contributed by atoms with Crippen molar-refractivity contribution in [2.24, 2.45) is 11.1 Å². The first kappa shape index (κ1) is 15.6. The van der Waals surface area contributed by atoms with Crippen molar-refractivity contribution in [1.82, 2.24) is 0 Å². The van der Waals surface area contributed by atoms with Gasteiger partial charge in [0.15, 0.2) is 11.5 Å². The number of para-hydroxylation sites is 1. The molecule has 1 aliphatic carbocycles. The third kappa shape index (κ3) is 3.29. The Morgan fingerprint density at radius 1 is 1.29 bits per heavy atom. The number of esters is 1. The summed E-state index contributed by atoms with van der Waals surface area (Å²) in [6, 6.07) is 5.19. The maximum absolute atomic E-state index is 11.9. The lowest BCUT2D eigenvalue weighted by atomic mass is 9.87. The van der Waals surface area contributed by atoms with Crippen molar-refractivity contribution in [3.05, 3.63) is 23.8 Å². The topological polar surface area (TPSA) is 70.8 Å². The molecular formula is C16H23NO4. The summed E-state index contributed by atoms with van der Waals surface area (Å²) in [5.74, 6) is 0.534. The van der Waals surface area contributed by atoms with Crippen molar-refractivity contribution >= 4 is 5.97 Å². The van der Waals surface area contributed by atoms with Crippen LogP contribution in [0.2, 0.25) is 0 Å². The summed E-state index contributed by atoms with van der Waals surface area (Å²) in [7, 11) is 2.90. The molecule has 116 valence electrons. The van der Waals surface area contributed by atoms with Crippen molar-refractivity contribution in [2.75, 3.05) is 27.4 Å². The van der Waals surface area contributed by atoms with Crippen LogP contribution in [-0.4, -0.2) is 33.3 Å². The molecule has 1 fully saturated rings. The molecule has 1 aromatic rings. The molecule has 2 N–H and O–H groups in total. The normalized spacial score (nSPS) is 16.5. The molecule has 0 bridgehead atoms. The van der Waals surface area contributed by atoms with Gasteiger partial charge in [0.1, 0.15) is 5.56 Å². The lowest BCUT2D eigenvalue weighted by Crippen LogP contribution is -2.34. The van der Waals surface area contributed by atoms with Crippen LogP contribution < -0.4 is 15.2 Å². The standard InChI is InChI=1S/C16H23NO4/c1-19-13-7-5-6-12(15(18)20-2)14(13)21-11-16(10-17)8-3-4-9-16/h5-7H,3-4,8-11,17H2,1-2H3. The first-order valence-electron chi connectivity index (χ1n) is 7.24. The molecule has 0 spiro atoms. The minimum absolute atomic E-state index is 0.00818. The van der Waals surface area contributed by atoms with Gasteiger partial charge in [0.05, 0.1) is 20.8 Å². The van der Waals surface area contributed by atoms with E-state index in [1.165, 1.54) is 20.0 Å². The fraction of sp³-hybridized carbons (Fsp3) is 0.562. The van der Waals surface area contributed by atoms with E-state index in [-0.39, 0.29) is 5.41 Å². The summed E-state index contributed by atoms with van der Waals surface area (Å²) in [6.07, 6.45) is 4.48. The van der Waals surface area contributed by atoms with Crippen LogP contribution in [0.3, 0.4) is 0 Å². The highest BCUT2D eigenvalue weighted by molar-refractivity contribution is 5.93. The van der Waals surface area contributed by atoms with Gasteiger partial charge >= 0.3 is 5.97 Å². The fourth-order valence-corrected chi connectivity index (χ4v) is 2.85. The zero-order chi connectivity index (χ0) is 15.3. The lowest BCUT2D eigenvalue weighted by molar-refractivity contribution is 0.0591. The van der Waals surface area contributed by atoms with Crippen molar-refractivity contribution in [2.45, 2.75) is 25.7 Å². The molecule has 1 saturated carbocycles. The summed E-state index contributed by atoms with van der Waals surface area (Å²) in [4.78, 5) is 11.9. The first-order chi connectivity index (χ1) is 10.2. The molecule has 5 heteroatoms. The maximum atomic E-state index is 11.9. The van der Waals surface area contributed by atoms with E-state index in [2.05, 4.69) is 0 Å². The first-order valence-corrected chi connectivity index (χ1v) is 7.24. The Morgan fingerprint density at radius 2 is 2.00 bits per heavy atom. The van der Waals surface area contributed by atoms with E-state index in [0.29, 0.717) is 30.2 Å². The monoisotopic (exact) mass is 293 g/mol. The molecule has 0 atom stereocenters. The molecule has 5 nitrogen and oxygen atoms in total. The van der Waals surface area contributed by atoms with Crippen LogP contribution in [0.15, 0.2) is 18.2 Å². The van der Waals surface area contributed by atoms with Gasteiger partial charge in [-0.1, -0.05) is 18.9 Å². The van der Waals surface area contributed by atoms with Crippen LogP contribution in [0.25, 0.3) is 0 Å². The number of hydrogen-bond acceptors (Lipinski definition) is 5. The van der Waals surface area contributed by atoms with E-state index in [9.17, 15) is 4.79 Å². The van der Waals surface area contributed by atoms with Crippen molar-refractivity contribution in [1.29, 1.82) is 0 Å². The van der Waals surface area contributed by atoms with Gasteiger partial charge in [-0.15, -0.1) is 0 Å². The molecule has 0 radical (unpaired) electrons. The highest BCUT2D eigenvalue weighted by Crippen LogP contribution is 2.39. The summed E-state index contributed by atoms with van der Waals surface area (Å²) in [6.45, 7) is 1.09. The highest BCUT2D eigenvalue weighted by atomic mass is 16.5. The molecular weight excluding hydrogens is 270 g/mol. The predicted molar refractivity (Wildman–Crippen MR) is 79.8 cm³/mol. The molecule has 0 heterocycles.